The van der Waals surface area contributed by atoms with Crippen molar-refractivity contribution in [2.24, 2.45) is 0 Å². The normalized spacial score (nSPS) is 12.7. The van der Waals surface area contributed by atoms with E-state index in [-0.39, 0.29) is 0 Å². The van der Waals surface area contributed by atoms with Crippen LogP contribution in [0.15, 0.2) is 18.5 Å². The van der Waals surface area contributed by atoms with Gasteiger partial charge in [-0.2, -0.15) is 0 Å². The SMILES string of the molecule is CCNC(COCC)Cc1ccncc1Cl. The zero-order valence-corrected chi connectivity index (χ0v) is 10.6. The van der Waals surface area contributed by atoms with Crippen molar-refractivity contribution in [2.75, 3.05) is 19.8 Å². The molecule has 0 bridgehead atoms. The average Bonchev–Trinajstić information content (AvgIpc) is 2.29. The van der Waals surface area contributed by atoms with Crippen LogP contribution in [-0.2, 0) is 11.2 Å². The van der Waals surface area contributed by atoms with Gasteiger partial charge in [-0.05, 0) is 31.5 Å². The standard InChI is InChI=1S/C12H19ClN2O/c1-3-15-11(9-16-4-2)7-10-5-6-14-8-12(10)13/h5-6,8,11,15H,3-4,7,9H2,1-2H3. The molecule has 1 unspecified atom stereocenters. The maximum absolute atomic E-state index is 6.07. The minimum atomic E-state index is 0.310. The Hall–Kier alpha value is -0.640. The molecule has 0 aromatic carbocycles. The highest BCUT2D eigenvalue weighted by Crippen LogP contribution is 2.15. The molecule has 1 heterocycles. The van der Waals surface area contributed by atoms with Gasteiger partial charge in [0.1, 0.15) is 0 Å². The van der Waals surface area contributed by atoms with Gasteiger partial charge in [-0.3, -0.25) is 4.98 Å². The van der Waals surface area contributed by atoms with E-state index >= 15 is 0 Å². The zero-order chi connectivity index (χ0) is 11.8. The molecule has 0 amide bonds. The van der Waals surface area contributed by atoms with Gasteiger partial charge in [-0.15, -0.1) is 0 Å². The van der Waals surface area contributed by atoms with Crippen LogP contribution in [0.1, 0.15) is 19.4 Å². The Morgan fingerprint density at radius 1 is 1.50 bits per heavy atom. The van der Waals surface area contributed by atoms with Crippen LogP contribution in [0.4, 0.5) is 0 Å². The fourth-order valence-electron chi connectivity index (χ4n) is 1.57. The molecule has 4 heteroatoms. The Morgan fingerprint density at radius 2 is 2.31 bits per heavy atom. The Morgan fingerprint density at radius 3 is 2.94 bits per heavy atom. The lowest BCUT2D eigenvalue weighted by Crippen LogP contribution is -2.35. The maximum atomic E-state index is 6.07. The fourth-order valence-corrected chi connectivity index (χ4v) is 1.77. The van der Waals surface area contributed by atoms with E-state index in [0.717, 1.165) is 30.2 Å². The molecule has 1 N–H and O–H groups in total. The monoisotopic (exact) mass is 242 g/mol. The maximum Gasteiger partial charge on any atom is 0.0622 e. The highest BCUT2D eigenvalue weighted by atomic mass is 35.5. The molecule has 0 radical (unpaired) electrons. The number of likely N-dealkylation sites (N-methyl/N-ethyl adjacent to an activating group) is 1. The van der Waals surface area contributed by atoms with E-state index in [1.807, 2.05) is 13.0 Å². The number of nitrogens with one attached hydrogen (secondary N) is 1. The number of aromatic nitrogens is 1. The molecule has 1 rings (SSSR count). The molecule has 0 aliphatic carbocycles. The molecule has 0 aliphatic rings. The second kappa shape index (κ2) is 7.60. The van der Waals surface area contributed by atoms with E-state index in [9.17, 15) is 0 Å². The number of hydrogen-bond acceptors (Lipinski definition) is 3. The smallest absolute Gasteiger partial charge is 0.0622 e. The number of rotatable bonds is 7. The molecule has 1 atom stereocenters. The van der Waals surface area contributed by atoms with Crippen molar-refractivity contribution >= 4 is 11.6 Å². The summed E-state index contributed by atoms with van der Waals surface area (Å²) in [6.45, 7) is 6.48. The van der Waals surface area contributed by atoms with E-state index in [1.54, 1.807) is 12.4 Å². The van der Waals surface area contributed by atoms with Crippen LogP contribution in [0.2, 0.25) is 5.02 Å². The van der Waals surface area contributed by atoms with Crippen LogP contribution in [0, 0.1) is 0 Å². The highest BCUT2D eigenvalue weighted by Gasteiger charge is 2.10. The van der Waals surface area contributed by atoms with Gasteiger partial charge in [0.2, 0.25) is 0 Å². The summed E-state index contributed by atoms with van der Waals surface area (Å²) < 4.78 is 5.44. The Balaban J connectivity index is 2.56. The molecule has 0 fully saturated rings. The number of halogens is 1. The van der Waals surface area contributed by atoms with E-state index < -0.39 is 0 Å². The van der Waals surface area contributed by atoms with E-state index in [4.69, 9.17) is 16.3 Å². The van der Waals surface area contributed by atoms with Crippen LogP contribution in [0.5, 0.6) is 0 Å². The van der Waals surface area contributed by atoms with Crippen molar-refractivity contribution in [1.82, 2.24) is 10.3 Å². The lowest BCUT2D eigenvalue weighted by atomic mass is 10.1. The summed E-state index contributed by atoms with van der Waals surface area (Å²) in [6, 6.07) is 2.27. The summed E-state index contributed by atoms with van der Waals surface area (Å²) >= 11 is 6.07. The van der Waals surface area contributed by atoms with Gasteiger partial charge >= 0.3 is 0 Å². The first-order valence-corrected chi connectivity index (χ1v) is 6.05. The molecule has 0 saturated carbocycles. The first kappa shape index (κ1) is 13.4. The third kappa shape index (κ3) is 4.47. The summed E-state index contributed by atoms with van der Waals surface area (Å²) in [4.78, 5) is 3.98. The summed E-state index contributed by atoms with van der Waals surface area (Å²) in [5, 5.41) is 4.11. The Labute approximate surface area is 102 Å². The van der Waals surface area contributed by atoms with Crippen molar-refractivity contribution in [1.29, 1.82) is 0 Å². The second-order valence-electron chi connectivity index (χ2n) is 3.59. The first-order chi connectivity index (χ1) is 7.77. The summed E-state index contributed by atoms with van der Waals surface area (Å²) in [5.74, 6) is 0. The molecule has 1 aromatic heterocycles. The zero-order valence-electron chi connectivity index (χ0n) is 9.87. The van der Waals surface area contributed by atoms with Gasteiger partial charge < -0.3 is 10.1 Å². The van der Waals surface area contributed by atoms with E-state index in [0.29, 0.717) is 12.6 Å². The van der Waals surface area contributed by atoms with Gasteiger partial charge in [-0.25, -0.2) is 0 Å². The summed E-state index contributed by atoms with van der Waals surface area (Å²) in [6.07, 6.45) is 4.32. The summed E-state index contributed by atoms with van der Waals surface area (Å²) in [5.41, 5.74) is 1.11. The predicted molar refractivity (Wildman–Crippen MR) is 66.9 cm³/mol. The Kier molecular flexibility index (Phi) is 6.38. The van der Waals surface area contributed by atoms with Gasteiger partial charge in [0.05, 0.1) is 11.6 Å². The van der Waals surface area contributed by atoms with E-state index in [1.165, 1.54) is 0 Å². The van der Waals surface area contributed by atoms with Crippen LogP contribution in [0.3, 0.4) is 0 Å². The molecule has 3 nitrogen and oxygen atoms in total. The molecule has 0 aliphatic heterocycles. The second-order valence-corrected chi connectivity index (χ2v) is 3.99. The van der Waals surface area contributed by atoms with Gasteiger partial charge in [0.25, 0.3) is 0 Å². The molecular weight excluding hydrogens is 224 g/mol. The Bertz CT molecular complexity index is 307. The van der Waals surface area contributed by atoms with Gasteiger partial charge in [0, 0.05) is 25.0 Å². The molecule has 1 aromatic rings. The van der Waals surface area contributed by atoms with Gasteiger partial charge in [-0.1, -0.05) is 18.5 Å². The predicted octanol–water partition coefficient (Wildman–Crippen LogP) is 2.29. The lowest BCUT2D eigenvalue weighted by molar-refractivity contribution is 0.123. The number of ether oxygens (including phenoxy) is 1. The van der Waals surface area contributed by atoms with Crippen LogP contribution in [0.25, 0.3) is 0 Å². The van der Waals surface area contributed by atoms with Crippen molar-refractivity contribution < 1.29 is 4.74 Å². The van der Waals surface area contributed by atoms with Crippen LogP contribution < -0.4 is 5.32 Å². The highest BCUT2D eigenvalue weighted by molar-refractivity contribution is 6.31. The van der Waals surface area contributed by atoms with Crippen molar-refractivity contribution in [3.63, 3.8) is 0 Å². The third-order valence-electron chi connectivity index (χ3n) is 2.34. The molecular formula is C12H19ClN2O. The summed E-state index contributed by atoms with van der Waals surface area (Å²) in [7, 11) is 0. The minimum absolute atomic E-state index is 0.310. The first-order valence-electron chi connectivity index (χ1n) is 5.67. The largest absolute Gasteiger partial charge is 0.380 e. The number of pyridine rings is 1. The number of nitrogens with zero attached hydrogens (tertiary/aromatic N) is 1. The average molecular weight is 243 g/mol. The van der Waals surface area contributed by atoms with Crippen molar-refractivity contribution in [3.05, 3.63) is 29.0 Å². The minimum Gasteiger partial charge on any atom is -0.380 e. The fraction of sp³-hybridized carbons (Fsp3) is 0.583. The molecule has 0 spiro atoms. The van der Waals surface area contributed by atoms with Crippen LogP contribution in [-0.4, -0.2) is 30.8 Å². The molecule has 16 heavy (non-hydrogen) atoms. The van der Waals surface area contributed by atoms with Gasteiger partial charge in [0.15, 0.2) is 0 Å². The lowest BCUT2D eigenvalue weighted by Gasteiger charge is -2.18. The number of hydrogen-bond donors (Lipinski definition) is 1. The quantitative estimate of drug-likeness (QED) is 0.797. The van der Waals surface area contributed by atoms with Crippen LogP contribution >= 0.6 is 11.6 Å². The molecule has 90 valence electrons. The van der Waals surface area contributed by atoms with E-state index in [2.05, 4.69) is 17.2 Å². The van der Waals surface area contributed by atoms with Crippen molar-refractivity contribution in [3.8, 4) is 0 Å². The van der Waals surface area contributed by atoms with Crippen molar-refractivity contribution in [2.45, 2.75) is 26.3 Å². The topological polar surface area (TPSA) is 34.1 Å². The third-order valence-corrected chi connectivity index (χ3v) is 2.68. The molecule has 0 saturated heterocycles.